The zero-order chi connectivity index (χ0) is 16.3. The van der Waals surface area contributed by atoms with Crippen molar-refractivity contribution in [1.29, 1.82) is 0 Å². The van der Waals surface area contributed by atoms with Gasteiger partial charge in [-0.25, -0.2) is 0 Å². The largest absolute Gasteiger partial charge is 0.339 e. The maximum Gasteiger partial charge on any atom is 0.0488 e. The van der Waals surface area contributed by atoms with Gasteiger partial charge in [-0.3, -0.25) is 0 Å². The Morgan fingerprint density at radius 2 is 1.71 bits per heavy atom. The molecule has 0 spiro atoms. The van der Waals surface area contributed by atoms with E-state index in [1.807, 2.05) is 0 Å². The average molecular weight is 313 g/mol. The van der Waals surface area contributed by atoms with E-state index >= 15 is 0 Å². The van der Waals surface area contributed by atoms with Crippen LogP contribution in [0.4, 0.5) is 0 Å². The highest BCUT2D eigenvalue weighted by Crippen LogP contribution is 2.54. The summed E-state index contributed by atoms with van der Waals surface area (Å²) in [5.41, 5.74) is 6.11. The Morgan fingerprint density at radius 1 is 0.958 bits per heavy atom. The minimum atomic E-state index is 0.209. The van der Waals surface area contributed by atoms with Crippen LogP contribution < -0.4 is 0 Å². The third-order valence-corrected chi connectivity index (χ3v) is 6.20. The molecule has 24 heavy (non-hydrogen) atoms. The number of nitrogens with zero attached hydrogens (tertiary/aromatic N) is 1. The Kier molecular flexibility index (Phi) is 2.85. The first kappa shape index (κ1) is 14.1. The predicted molar refractivity (Wildman–Crippen MR) is 100 cm³/mol. The Bertz CT molecular complexity index is 943. The van der Waals surface area contributed by atoms with Crippen LogP contribution in [0.25, 0.3) is 10.9 Å². The van der Waals surface area contributed by atoms with Crippen LogP contribution in [-0.4, -0.2) is 4.57 Å². The molecule has 2 aliphatic carbocycles. The predicted octanol–water partition coefficient (Wildman–Crippen LogP) is 5.64. The zero-order valence-corrected chi connectivity index (χ0v) is 14.4. The van der Waals surface area contributed by atoms with E-state index in [9.17, 15) is 0 Å². The number of hydrogen-bond acceptors (Lipinski definition) is 0. The molecule has 2 aromatic carbocycles. The second-order valence-corrected chi connectivity index (χ2v) is 7.90. The van der Waals surface area contributed by atoms with E-state index in [2.05, 4.69) is 85.2 Å². The summed E-state index contributed by atoms with van der Waals surface area (Å²) in [5, 5.41) is 1.45. The summed E-state index contributed by atoms with van der Waals surface area (Å²) in [6.07, 6.45) is 6.19. The van der Waals surface area contributed by atoms with E-state index in [0.717, 1.165) is 6.54 Å². The van der Waals surface area contributed by atoms with Crippen LogP contribution in [0.5, 0.6) is 0 Å². The highest BCUT2D eigenvalue weighted by molar-refractivity contribution is 5.88. The second kappa shape index (κ2) is 4.86. The zero-order valence-electron chi connectivity index (χ0n) is 14.4. The molecule has 0 fully saturated rings. The van der Waals surface area contributed by atoms with Crippen LogP contribution in [0.2, 0.25) is 0 Å². The highest BCUT2D eigenvalue weighted by Gasteiger charge is 2.45. The van der Waals surface area contributed by atoms with E-state index in [4.69, 9.17) is 0 Å². The molecule has 120 valence electrons. The first-order valence-electron chi connectivity index (χ1n) is 9.00. The number of aromatic nitrogens is 1. The summed E-state index contributed by atoms with van der Waals surface area (Å²) in [6, 6.07) is 19.8. The van der Waals surface area contributed by atoms with Crippen LogP contribution in [0.1, 0.15) is 43.0 Å². The Morgan fingerprint density at radius 3 is 2.54 bits per heavy atom. The fraction of sp³-hybridized carbons (Fsp3) is 0.304. The second-order valence-electron chi connectivity index (χ2n) is 7.90. The summed E-state index contributed by atoms with van der Waals surface area (Å²) in [4.78, 5) is 0. The molecule has 1 heterocycles. The van der Waals surface area contributed by atoms with E-state index in [0.29, 0.717) is 11.8 Å². The van der Waals surface area contributed by atoms with Crippen LogP contribution >= 0.6 is 0 Å². The molecule has 1 aromatic heterocycles. The Hall–Kier alpha value is -2.28. The summed E-state index contributed by atoms with van der Waals surface area (Å²) in [7, 11) is 0. The van der Waals surface area contributed by atoms with Gasteiger partial charge in [0, 0.05) is 29.1 Å². The minimum absolute atomic E-state index is 0.209. The van der Waals surface area contributed by atoms with Crippen LogP contribution in [0, 0.1) is 5.92 Å². The van der Waals surface area contributed by atoms with Gasteiger partial charge >= 0.3 is 0 Å². The Labute approximate surface area is 143 Å². The standard InChI is InChI=1S/C23H23N/c1-23(2)18-13-12-17(14-18)22-21(23)19-10-6-7-11-20(19)24(22)15-16-8-4-3-5-9-16/h3-13,17-18H,14-15H2,1-2H3/t17-,18+/m0/s1. The van der Waals surface area contributed by atoms with Gasteiger partial charge in [0.25, 0.3) is 0 Å². The lowest BCUT2D eigenvalue weighted by Gasteiger charge is -2.37. The van der Waals surface area contributed by atoms with Crippen molar-refractivity contribution in [3.05, 3.63) is 83.6 Å². The summed E-state index contributed by atoms with van der Waals surface area (Å²) in [6.45, 7) is 5.82. The molecule has 0 N–H and O–H groups in total. The fourth-order valence-corrected chi connectivity index (χ4v) is 4.94. The first-order chi connectivity index (χ1) is 11.7. The third kappa shape index (κ3) is 1.81. The van der Waals surface area contributed by atoms with Crippen molar-refractivity contribution in [2.24, 2.45) is 5.92 Å². The molecule has 1 heteroatoms. The van der Waals surface area contributed by atoms with E-state index < -0.39 is 0 Å². The molecule has 0 saturated heterocycles. The SMILES string of the molecule is CC1(C)c2c(n(Cc3ccccc3)c3ccccc23)[C@H]2C=C[C@@H]1C2. The number of hydrogen-bond donors (Lipinski definition) is 0. The van der Waals surface area contributed by atoms with Gasteiger partial charge in [-0.15, -0.1) is 0 Å². The van der Waals surface area contributed by atoms with Crippen molar-refractivity contribution in [2.75, 3.05) is 0 Å². The Balaban J connectivity index is 1.80. The normalized spacial score (nSPS) is 23.6. The fourth-order valence-electron chi connectivity index (χ4n) is 4.94. The molecule has 0 saturated carbocycles. The summed E-state index contributed by atoms with van der Waals surface area (Å²) >= 11 is 0. The van der Waals surface area contributed by atoms with Gasteiger partial charge in [-0.2, -0.15) is 0 Å². The molecule has 0 amide bonds. The lowest BCUT2D eigenvalue weighted by Crippen LogP contribution is -2.32. The smallest absolute Gasteiger partial charge is 0.0488 e. The number of allylic oxidation sites excluding steroid dienone is 2. The summed E-state index contributed by atoms with van der Waals surface area (Å²) < 4.78 is 2.58. The van der Waals surface area contributed by atoms with Crippen molar-refractivity contribution in [1.82, 2.24) is 4.57 Å². The van der Waals surface area contributed by atoms with Crippen molar-refractivity contribution in [3.8, 4) is 0 Å². The monoisotopic (exact) mass is 313 g/mol. The van der Waals surface area contributed by atoms with Crippen LogP contribution in [0.15, 0.2) is 66.7 Å². The van der Waals surface area contributed by atoms with E-state index in [1.165, 1.54) is 22.9 Å². The molecule has 2 atom stereocenters. The van der Waals surface area contributed by atoms with E-state index in [1.54, 1.807) is 11.3 Å². The van der Waals surface area contributed by atoms with Gasteiger partial charge in [0.1, 0.15) is 0 Å². The number of fused-ring (bicyclic) bond motifs is 6. The van der Waals surface area contributed by atoms with Gasteiger partial charge in [0.05, 0.1) is 0 Å². The van der Waals surface area contributed by atoms with E-state index in [-0.39, 0.29) is 5.41 Å². The van der Waals surface area contributed by atoms with Gasteiger partial charge in [0.15, 0.2) is 0 Å². The van der Waals surface area contributed by atoms with Gasteiger partial charge in [-0.05, 0) is 34.9 Å². The highest BCUT2D eigenvalue weighted by atomic mass is 15.0. The molecular formula is C23H23N. The molecule has 3 aromatic rings. The van der Waals surface area contributed by atoms with Gasteiger partial charge < -0.3 is 4.57 Å². The lowest BCUT2D eigenvalue weighted by atomic mass is 9.67. The van der Waals surface area contributed by atoms with Crippen LogP contribution in [0.3, 0.4) is 0 Å². The summed E-state index contributed by atoms with van der Waals surface area (Å²) in [5.74, 6) is 1.25. The van der Waals surface area contributed by atoms with Crippen molar-refractivity contribution >= 4 is 10.9 Å². The minimum Gasteiger partial charge on any atom is -0.339 e. The number of para-hydroxylation sites is 1. The maximum absolute atomic E-state index is 2.58. The number of benzene rings is 2. The molecule has 0 radical (unpaired) electrons. The average Bonchev–Trinajstić information content (AvgIpc) is 3.17. The molecule has 2 bridgehead atoms. The van der Waals surface area contributed by atoms with Crippen LogP contribution in [-0.2, 0) is 12.0 Å². The van der Waals surface area contributed by atoms with Gasteiger partial charge in [0.2, 0.25) is 0 Å². The van der Waals surface area contributed by atoms with Gasteiger partial charge in [-0.1, -0.05) is 74.5 Å². The quantitative estimate of drug-likeness (QED) is 0.539. The molecule has 0 aliphatic heterocycles. The lowest BCUT2D eigenvalue weighted by molar-refractivity contribution is 0.339. The topological polar surface area (TPSA) is 4.93 Å². The molecule has 1 nitrogen and oxygen atoms in total. The van der Waals surface area contributed by atoms with Crippen molar-refractivity contribution in [2.45, 2.75) is 38.1 Å². The van der Waals surface area contributed by atoms with Crippen molar-refractivity contribution in [3.63, 3.8) is 0 Å². The third-order valence-electron chi connectivity index (χ3n) is 6.20. The maximum atomic E-state index is 2.58. The number of rotatable bonds is 2. The first-order valence-corrected chi connectivity index (χ1v) is 9.00. The molecule has 0 unspecified atom stereocenters. The van der Waals surface area contributed by atoms with Crippen molar-refractivity contribution < 1.29 is 0 Å². The molecular weight excluding hydrogens is 290 g/mol. The molecule has 5 rings (SSSR count). The molecule has 2 aliphatic rings.